The predicted octanol–water partition coefficient (Wildman–Crippen LogP) is 0.841. The topological polar surface area (TPSA) is 71.0 Å². The summed E-state index contributed by atoms with van der Waals surface area (Å²) in [6.45, 7) is 0. The Morgan fingerprint density at radius 3 is 2.74 bits per heavy atom. The van der Waals surface area contributed by atoms with Gasteiger partial charge < -0.3 is 4.90 Å². The molecule has 0 aromatic carbocycles. The van der Waals surface area contributed by atoms with Gasteiger partial charge in [-0.25, -0.2) is 4.98 Å². The molecular weight excluding hydrogens is 244 g/mol. The Morgan fingerprint density at radius 2 is 2.16 bits per heavy atom. The van der Waals surface area contributed by atoms with Crippen LogP contribution in [0.1, 0.15) is 34.8 Å². The average molecular weight is 260 g/mol. The van der Waals surface area contributed by atoms with Crippen molar-refractivity contribution in [1.29, 1.82) is 0 Å². The van der Waals surface area contributed by atoms with Crippen LogP contribution in [0.3, 0.4) is 0 Å². The van der Waals surface area contributed by atoms with Crippen molar-refractivity contribution in [3.05, 3.63) is 27.7 Å². The molecule has 2 aromatic heterocycles. The summed E-state index contributed by atoms with van der Waals surface area (Å²) in [6.07, 6.45) is 2.21. The first-order chi connectivity index (χ1) is 8.99. The molecule has 1 saturated carbocycles. The zero-order valence-corrected chi connectivity index (χ0v) is 11.2. The van der Waals surface area contributed by atoms with Crippen molar-refractivity contribution in [2.45, 2.75) is 18.8 Å². The molecule has 1 aliphatic rings. The molecule has 1 fully saturated rings. The van der Waals surface area contributed by atoms with E-state index < -0.39 is 0 Å². The third-order valence-electron chi connectivity index (χ3n) is 3.47. The van der Waals surface area contributed by atoms with Crippen LogP contribution in [-0.4, -0.2) is 39.7 Å². The third kappa shape index (κ3) is 1.83. The largest absolute Gasteiger partial charge is 0.345 e. The first-order valence-corrected chi connectivity index (χ1v) is 6.30. The number of carbonyl (C=O) groups excluding carboxylic acids is 1. The van der Waals surface area contributed by atoms with Crippen molar-refractivity contribution >= 4 is 16.9 Å². The second kappa shape index (κ2) is 3.94. The van der Waals surface area contributed by atoms with Gasteiger partial charge in [0.15, 0.2) is 5.65 Å². The lowest BCUT2D eigenvalue weighted by molar-refractivity contribution is 0.0829. The quantitative estimate of drug-likeness (QED) is 0.869. The van der Waals surface area contributed by atoms with E-state index >= 15 is 0 Å². The van der Waals surface area contributed by atoms with Gasteiger partial charge in [0.1, 0.15) is 0 Å². The van der Waals surface area contributed by atoms with Crippen molar-refractivity contribution < 1.29 is 4.79 Å². The van der Waals surface area contributed by atoms with E-state index in [1.165, 1.54) is 4.90 Å². The minimum Gasteiger partial charge on any atom is -0.345 e. The normalized spacial score (nSPS) is 14.9. The number of rotatable bonds is 2. The molecule has 1 N–H and O–H groups in total. The van der Waals surface area contributed by atoms with Crippen molar-refractivity contribution in [3.8, 4) is 0 Å². The standard InChI is InChI=1S/C13H16N4O2/c1-16(2)13(19)8-6-9(7-4-5-7)14-11-10(8)12(18)15-17(11)3/h6-7H,4-5H2,1-3H3,(H,15,18). The molecule has 0 aliphatic heterocycles. The van der Waals surface area contributed by atoms with Crippen LogP contribution < -0.4 is 5.56 Å². The molecule has 0 spiro atoms. The van der Waals surface area contributed by atoms with E-state index in [-0.39, 0.29) is 11.5 Å². The van der Waals surface area contributed by atoms with E-state index in [2.05, 4.69) is 10.1 Å². The predicted molar refractivity (Wildman–Crippen MR) is 71.3 cm³/mol. The number of nitrogens with one attached hydrogen (secondary N) is 1. The number of aromatic amines is 1. The molecule has 0 atom stereocenters. The van der Waals surface area contributed by atoms with Gasteiger partial charge in [-0.1, -0.05) is 0 Å². The van der Waals surface area contributed by atoms with Crippen LogP contribution in [0.25, 0.3) is 11.0 Å². The summed E-state index contributed by atoms with van der Waals surface area (Å²) in [5.74, 6) is 0.272. The molecule has 6 heteroatoms. The number of H-pyrrole nitrogens is 1. The number of aryl methyl sites for hydroxylation is 1. The van der Waals surface area contributed by atoms with Crippen LogP contribution in [-0.2, 0) is 7.05 Å². The lowest BCUT2D eigenvalue weighted by atomic mass is 10.1. The van der Waals surface area contributed by atoms with Crippen LogP contribution in [0.15, 0.2) is 10.9 Å². The minimum absolute atomic E-state index is 0.161. The summed E-state index contributed by atoms with van der Waals surface area (Å²) >= 11 is 0. The number of pyridine rings is 1. The molecule has 0 bridgehead atoms. The van der Waals surface area contributed by atoms with Gasteiger partial charge in [-0.2, -0.15) is 0 Å². The Hall–Kier alpha value is -2.11. The number of hydrogen-bond acceptors (Lipinski definition) is 3. The number of amides is 1. The summed E-state index contributed by atoms with van der Waals surface area (Å²) in [5, 5.41) is 3.04. The fourth-order valence-corrected chi connectivity index (χ4v) is 2.28. The summed E-state index contributed by atoms with van der Waals surface area (Å²) in [7, 11) is 5.10. The van der Waals surface area contributed by atoms with E-state index in [1.807, 2.05) is 0 Å². The molecule has 1 aliphatic carbocycles. The van der Waals surface area contributed by atoms with Crippen LogP contribution in [0.2, 0.25) is 0 Å². The van der Waals surface area contributed by atoms with Crippen molar-refractivity contribution in [2.24, 2.45) is 7.05 Å². The van der Waals surface area contributed by atoms with E-state index in [1.54, 1.807) is 31.9 Å². The summed E-state index contributed by atoms with van der Waals surface area (Å²) in [5.41, 5.74) is 1.64. The van der Waals surface area contributed by atoms with E-state index in [0.717, 1.165) is 18.5 Å². The Bertz CT molecular complexity index is 722. The van der Waals surface area contributed by atoms with Crippen molar-refractivity contribution in [1.82, 2.24) is 19.7 Å². The fourth-order valence-electron chi connectivity index (χ4n) is 2.28. The Morgan fingerprint density at radius 1 is 1.47 bits per heavy atom. The monoisotopic (exact) mass is 260 g/mol. The number of aromatic nitrogens is 3. The molecule has 2 aromatic rings. The lowest BCUT2D eigenvalue weighted by Crippen LogP contribution is -2.23. The minimum atomic E-state index is -0.266. The second-order valence-corrected chi connectivity index (χ2v) is 5.27. The van der Waals surface area contributed by atoms with Crippen LogP contribution >= 0.6 is 0 Å². The smallest absolute Gasteiger partial charge is 0.274 e. The van der Waals surface area contributed by atoms with Gasteiger partial charge in [0.05, 0.1) is 10.9 Å². The van der Waals surface area contributed by atoms with Gasteiger partial charge in [0.25, 0.3) is 11.5 Å². The second-order valence-electron chi connectivity index (χ2n) is 5.27. The maximum absolute atomic E-state index is 12.3. The molecule has 1 amide bonds. The zero-order chi connectivity index (χ0) is 13.7. The summed E-state index contributed by atoms with van der Waals surface area (Å²) in [6, 6.07) is 1.78. The van der Waals surface area contributed by atoms with E-state index in [9.17, 15) is 9.59 Å². The van der Waals surface area contributed by atoms with Gasteiger partial charge in [-0.3, -0.25) is 19.4 Å². The van der Waals surface area contributed by atoms with Gasteiger partial charge in [0.2, 0.25) is 0 Å². The van der Waals surface area contributed by atoms with E-state index in [4.69, 9.17) is 0 Å². The number of hydrogen-bond donors (Lipinski definition) is 1. The first-order valence-electron chi connectivity index (χ1n) is 6.30. The highest BCUT2D eigenvalue weighted by atomic mass is 16.2. The third-order valence-corrected chi connectivity index (χ3v) is 3.47. The number of carbonyl (C=O) groups is 1. The molecule has 6 nitrogen and oxygen atoms in total. The van der Waals surface area contributed by atoms with Crippen molar-refractivity contribution in [2.75, 3.05) is 14.1 Å². The summed E-state index contributed by atoms with van der Waals surface area (Å²) < 4.78 is 1.58. The van der Waals surface area contributed by atoms with Crippen molar-refractivity contribution in [3.63, 3.8) is 0 Å². The number of fused-ring (bicyclic) bond motifs is 1. The molecule has 19 heavy (non-hydrogen) atoms. The van der Waals surface area contributed by atoms with E-state index in [0.29, 0.717) is 22.5 Å². The van der Waals surface area contributed by atoms with Crippen LogP contribution in [0.4, 0.5) is 0 Å². The molecular formula is C13H16N4O2. The molecule has 0 radical (unpaired) electrons. The molecule has 2 heterocycles. The number of nitrogens with zero attached hydrogens (tertiary/aromatic N) is 3. The highest BCUT2D eigenvalue weighted by Gasteiger charge is 2.28. The van der Waals surface area contributed by atoms with Gasteiger partial charge in [-0.15, -0.1) is 0 Å². The zero-order valence-electron chi connectivity index (χ0n) is 11.2. The molecule has 100 valence electrons. The molecule has 3 rings (SSSR count). The first kappa shape index (κ1) is 12.0. The van der Waals surface area contributed by atoms with Crippen LogP contribution in [0.5, 0.6) is 0 Å². The lowest BCUT2D eigenvalue weighted by Gasteiger charge is -2.11. The van der Waals surface area contributed by atoms with Gasteiger partial charge in [0, 0.05) is 32.8 Å². The van der Waals surface area contributed by atoms with Gasteiger partial charge in [-0.05, 0) is 18.9 Å². The Kier molecular flexibility index (Phi) is 2.48. The maximum atomic E-state index is 12.3. The Labute approximate surface area is 110 Å². The Balaban J connectivity index is 2.33. The molecule has 0 saturated heterocycles. The SMILES string of the molecule is CN(C)C(=O)c1cc(C2CC2)nc2c1c(=O)[nH]n2C. The van der Waals surface area contributed by atoms with Crippen LogP contribution in [0, 0.1) is 0 Å². The highest BCUT2D eigenvalue weighted by molar-refractivity contribution is 6.05. The highest BCUT2D eigenvalue weighted by Crippen LogP contribution is 2.40. The maximum Gasteiger partial charge on any atom is 0.274 e. The molecule has 0 unspecified atom stereocenters. The summed E-state index contributed by atoms with van der Waals surface area (Å²) in [4.78, 5) is 30.2. The van der Waals surface area contributed by atoms with Gasteiger partial charge >= 0.3 is 0 Å². The fraction of sp³-hybridized carbons (Fsp3) is 0.462. The average Bonchev–Trinajstić information content (AvgIpc) is 3.16.